The van der Waals surface area contributed by atoms with E-state index in [1.165, 1.54) is 10.8 Å². The predicted molar refractivity (Wildman–Crippen MR) is 249 cm³/mol. The van der Waals surface area contributed by atoms with E-state index >= 15 is 0 Å². The first-order chi connectivity index (χ1) is 29.8. The third-order valence-corrected chi connectivity index (χ3v) is 11.8. The first-order valence-electron chi connectivity index (χ1n) is 20.3. The quantitative estimate of drug-likeness (QED) is 0.161. The van der Waals surface area contributed by atoms with E-state index in [-0.39, 0.29) is 0 Å². The van der Waals surface area contributed by atoms with Crippen LogP contribution in [0, 0.1) is 0 Å². The van der Waals surface area contributed by atoms with Crippen LogP contribution in [0.3, 0.4) is 0 Å². The SMILES string of the molecule is c1ccc(-c2ccccc2N(c2ccc3c(c2)Oc2cccc4c(N(c5ccccc5)c5ccc6ccccc6c5)ccc-3c24)c2cccc3c2oc2ccccc23)cc1. The van der Waals surface area contributed by atoms with Gasteiger partial charge in [0, 0.05) is 50.1 Å². The number of benzene rings is 10. The van der Waals surface area contributed by atoms with Gasteiger partial charge in [-0.3, -0.25) is 0 Å². The van der Waals surface area contributed by atoms with Crippen molar-refractivity contribution in [2.45, 2.75) is 0 Å². The lowest BCUT2D eigenvalue weighted by atomic mass is 9.92. The van der Waals surface area contributed by atoms with E-state index in [0.717, 1.165) is 101 Å². The number of rotatable bonds is 7. The van der Waals surface area contributed by atoms with E-state index in [0.29, 0.717) is 0 Å². The van der Waals surface area contributed by atoms with Crippen molar-refractivity contribution < 1.29 is 9.15 Å². The van der Waals surface area contributed by atoms with Crippen LogP contribution in [-0.4, -0.2) is 0 Å². The van der Waals surface area contributed by atoms with E-state index in [2.05, 4.69) is 216 Å². The summed E-state index contributed by atoms with van der Waals surface area (Å²) in [6, 6.07) is 77.2. The molecular formula is C56H36N2O2. The van der Waals surface area contributed by atoms with Crippen LogP contribution in [0.5, 0.6) is 11.5 Å². The van der Waals surface area contributed by atoms with Gasteiger partial charge >= 0.3 is 0 Å². The highest BCUT2D eigenvalue weighted by atomic mass is 16.5. The van der Waals surface area contributed by atoms with Crippen molar-refractivity contribution in [3.8, 4) is 33.8 Å². The summed E-state index contributed by atoms with van der Waals surface area (Å²) in [4.78, 5) is 4.67. The van der Waals surface area contributed by atoms with Gasteiger partial charge in [-0.15, -0.1) is 0 Å². The van der Waals surface area contributed by atoms with Crippen LogP contribution >= 0.6 is 0 Å². The molecule has 10 aromatic carbocycles. The zero-order valence-corrected chi connectivity index (χ0v) is 32.5. The maximum absolute atomic E-state index is 7.00. The first kappa shape index (κ1) is 34.0. The number of fused-ring (bicyclic) bond motifs is 6. The molecule has 0 aliphatic carbocycles. The Morgan fingerprint density at radius 2 is 1.00 bits per heavy atom. The monoisotopic (exact) mass is 768 g/mol. The molecule has 0 bridgehead atoms. The van der Waals surface area contributed by atoms with Crippen LogP contribution in [0.1, 0.15) is 0 Å². The van der Waals surface area contributed by atoms with Gasteiger partial charge in [-0.2, -0.15) is 0 Å². The number of hydrogen-bond donors (Lipinski definition) is 0. The normalized spacial score (nSPS) is 11.8. The number of anilines is 6. The summed E-state index contributed by atoms with van der Waals surface area (Å²) in [6.07, 6.45) is 0. The lowest BCUT2D eigenvalue weighted by Gasteiger charge is -2.31. The molecule has 60 heavy (non-hydrogen) atoms. The fourth-order valence-corrected chi connectivity index (χ4v) is 9.10. The Labute approximate surface area is 347 Å². The molecule has 1 aliphatic rings. The fraction of sp³-hybridized carbons (Fsp3) is 0. The molecule has 0 saturated carbocycles. The molecule has 1 aromatic heterocycles. The second-order valence-electron chi connectivity index (χ2n) is 15.3. The molecule has 0 N–H and O–H groups in total. The molecule has 1 aliphatic heterocycles. The Balaban J connectivity index is 1.04. The summed E-state index contributed by atoms with van der Waals surface area (Å²) in [6.45, 7) is 0. The topological polar surface area (TPSA) is 28.9 Å². The summed E-state index contributed by atoms with van der Waals surface area (Å²) >= 11 is 0. The summed E-state index contributed by atoms with van der Waals surface area (Å²) in [5, 5.41) is 6.79. The van der Waals surface area contributed by atoms with Crippen molar-refractivity contribution in [2.24, 2.45) is 0 Å². The van der Waals surface area contributed by atoms with Crippen LogP contribution in [0.2, 0.25) is 0 Å². The zero-order chi connectivity index (χ0) is 39.6. The highest BCUT2D eigenvalue weighted by molar-refractivity contribution is 6.13. The van der Waals surface area contributed by atoms with Gasteiger partial charge in [-0.1, -0.05) is 146 Å². The van der Waals surface area contributed by atoms with Gasteiger partial charge < -0.3 is 19.0 Å². The van der Waals surface area contributed by atoms with Gasteiger partial charge in [0.1, 0.15) is 17.1 Å². The molecule has 0 atom stereocenters. The molecular weight excluding hydrogens is 733 g/mol. The van der Waals surface area contributed by atoms with Crippen molar-refractivity contribution in [3.63, 3.8) is 0 Å². The van der Waals surface area contributed by atoms with Gasteiger partial charge in [0.2, 0.25) is 0 Å². The molecule has 282 valence electrons. The second-order valence-corrected chi connectivity index (χ2v) is 15.3. The third kappa shape index (κ3) is 5.46. The Hall–Kier alpha value is -8.08. The van der Waals surface area contributed by atoms with Crippen LogP contribution < -0.4 is 14.5 Å². The second kappa shape index (κ2) is 13.8. The fourth-order valence-electron chi connectivity index (χ4n) is 9.10. The van der Waals surface area contributed by atoms with Crippen LogP contribution in [-0.2, 0) is 0 Å². The molecule has 11 aromatic rings. The van der Waals surface area contributed by atoms with Gasteiger partial charge in [-0.25, -0.2) is 0 Å². The number of ether oxygens (including phenoxy) is 1. The highest BCUT2D eigenvalue weighted by Crippen LogP contribution is 2.53. The van der Waals surface area contributed by atoms with Crippen molar-refractivity contribution in [1.82, 2.24) is 0 Å². The number of para-hydroxylation sites is 4. The summed E-state index contributed by atoms with van der Waals surface area (Å²) in [5.41, 5.74) is 12.3. The smallest absolute Gasteiger partial charge is 0.159 e. The number of nitrogens with zero attached hydrogens (tertiary/aromatic N) is 2. The Kier molecular flexibility index (Phi) is 7.82. The minimum absolute atomic E-state index is 0.800. The lowest BCUT2D eigenvalue weighted by Crippen LogP contribution is -2.12. The van der Waals surface area contributed by atoms with Gasteiger partial charge in [0.25, 0.3) is 0 Å². The highest BCUT2D eigenvalue weighted by Gasteiger charge is 2.27. The molecule has 0 amide bonds. The molecule has 4 nitrogen and oxygen atoms in total. The molecule has 0 spiro atoms. The maximum atomic E-state index is 7.00. The van der Waals surface area contributed by atoms with Crippen molar-refractivity contribution in [3.05, 3.63) is 218 Å². The molecule has 4 heteroatoms. The number of furan rings is 1. The maximum Gasteiger partial charge on any atom is 0.159 e. The van der Waals surface area contributed by atoms with Crippen LogP contribution in [0.15, 0.2) is 223 Å². The van der Waals surface area contributed by atoms with Crippen molar-refractivity contribution in [2.75, 3.05) is 9.80 Å². The van der Waals surface area contributed by atoms with Gasteiger partial charge in [0.05, 0.1) is 22.7 Å². The summed E-state index contributed by atoms with van der Waals surface area (Å²) in [5.74, 6) is 1.63. The van der Waals surface area contributed by atoms with Crippen molar-refractivity contribution in [1.29, 1.82) is 0 Å². The average molecular weight is 769 g/mol. The predicted octanol–water partition coefficient (Wildman–Crippen LogP) is 16.3. The zero-order valence-electron chi connectivity index (χ0n) is 32.5. The van der Waals surface area contributed by atoms with E-state index < -0.39 is 0 Å². The largest absolute Gasteiger partial charge is 0.456 e. The Morgan fingerprint density at radius 3 is 1.90 bits per heavy atom. The van der Waals surface area contributed by atoms with E-state index in [4.69, 9.17) is 9.15 Å². The van der Waals surface area contributed by atoms with Crippen LogP contribution in [0.4, 0.5) is 34.1 Å². The molecule has 0 fully saturated rings. The summed E-state index contributed by atoms with van der Waals surface area (Å²) < 4.78 is 13.7. The Morgan fingerprint density at radius 1 is 0.333 bits per heavy atom. The standard InChI is InChI=1S/C56H36N2O2/c1-3-16-38(17-4-1)43-21-9-11-25-49(43)58(51-26-13-23-47-44-22-10-12-27-52(44)60-56(47)51)42-31-32-45-46-33-34-50(48-24-14-28-53(55(46)48)59-54(45)36-42)57(40-19-5-2-6-20-40)41-30-29-37-15-7-8-18-39(37)35-41/h1-36H. The van der Waals surface area contributed by atoms with Crippen molar-refractivity contribution >= 4 is 77.6 Å². The Bertz CT molecular complexity index is 3430. The van der Waals surface area contributed by atoms with Gasteiger partial charge in [-0.05, 0) is 88.6 Å². The molecule has 0 radical (unpaired) electrons. The van der Waals surface area contributed by atoms with E-state index in [1.54, 1.807) is 0 Å². The molecule has 2 heterocycles. The molecule has 0 saturated heterocycles. The van der Waals surface area contributed by atoms with Crippen LogP contribution in [0.25, 0.3) is 65.7 Å². The van der Waals surface area contributed by atoms with E-state index in [9.17, 15) is 0 Å². The van der Waals surface area contributed by atoms with E-state index in [1.807, 2.05) is 12.1 Å². The number of hydrogen-bond acceptors (Lipinski definition) is 4. The third-order valence-electron chi connectivity index (χ3n) is 11.8. The minimum Gasteiger partial charge on any atom is -0.456 e. The average Bonchev–Trinajstić information content (AvgIpc) is 3.70. The molecule has 12 rings (SSSR count). The van der Waals surface area contributed by atoms with Gasteiger partial charge in [0.15, 0.2) is 5.58 Å². The molecule has 0 unspecified atom stereocenters. The minimum atomic E-state index is 0.800. The summed E-state index contributed by atoms with van der Waals surface area (Å²) in [7, 11) is 0. The lowest BCUT2D eigenvalue weighted by molar-refractivity contribution is 0.487. The first-order valence-corrected chi connectivity index (χ1v) is 20.3.